The predicted octanol–water partition coefficient (Wildman–Crippen LogP) is 4.45. The molecule has 0 N–H and O–H groups in total. The number of hydrogen-bond acceptors (Lipinski definition) is 5. The molecule has 3 aromatic rings. The van der Waals surface area contributed by atoms with Crippen LogP contribution in [0.4, 0.5) is 4.79 Å². The van der Waals surface area contributed by atoms with Gasteiger partial charge in [-0.15, -0.1) is 0 Å². The third-order valence-electron chi connectivity index (χ3n) is 6.17. The maximum absolute atomic E-state index is 13.6. The van der Waals surface area contributed by atoms with Gasteiger partial charge in [-0.25, -0.2) is 9.78 Å². The highest BCUT2D eigenvalue weighted by Gasteiger charge is 2.31. The Hall–Kier alpha value is -3.19. The van der Waals surface area contributed by atoms with E-state index in [0.717, 1.165) is 23.3 Å². The van der Waals surface area contributed by atoms with Crippen molar-refractivity contribution in [1.29, 1.82) is 0 Å². The van der Waals surface area contributed by atoms with Crippen molar-refractivity contribution in [3.63, 3.8) is 0 Å². The van der Waals surface area contributed by atoms with E-state index < -0.39 is 5.60 Å². The number of rotatable bonds is 5. The third kappa shape index (κ3) is 5.30. The average molecular weight is 463 g/mol. The molecule has 1 aromatic heterocycles. The highest BCUT2D eigenvalue weighted by Crippen LogP contribution is 2.26. The smallest absolute Gasteiger partial charge is 0.410 e. The lowest BCUT2D eigenvalue weighted by Gasteiger charge is -2.39. The van der Waals surface area contributed by atoms with Crippen molar-refractivity contribution < 1.29 is 9.53 Å². The van der Waals surface area contributed by atoms with Crippen LogP contribution in [-0.4, -0.2) is 57.2 Å². The van der Waals surface area contributed by atoms with Crippen molar-refractivity contribution in [3.8, 4) is 0 Å². The van der Waals surface area contributed by atoms with E-state index in [-0.39, 0.29) is 17.7 Å². The molecule has 1 fully saturated rings. The molecule has 2 heterocycles. The van der Waals surface area contributed by atoms with Gasteiger partial charge in [0.1, 0.15) is 11.4 Å². The Kier molecular flexibility index (Phi) is 7.03. The van der Waals surface area contributed by atoms with Gasteiger partial charge in [0.25, 0.3) is 5.56 Å². The second kappa shape index (κ2) is 9.97. The number of ether oxygens (including phenoxy) is 1. The number of carbonyl (C=O) groups is 1. The first-order valence-corrected chi connectivity index (χ1v) is 12.0. The van der Waals surface area contributed by atoms with Crippen LogP contribution in [-0.2, 0) is 11.3 Å². The first kappa shape index (κ1) is 24.0. The van der Waals surface area contributed by atoms with E-state index in [2.05, 4.69) is 11.8 Å². The van der Waals surface area contributed by atoms with Gasteiger partial charge < -0.3 is 9.64 Å². The first-order valence-electron chi connectivity index (χ1n) is 12.0. The standard InChI is InChI=1S/C27H34N4O3/c1-5-23(29-15-17-30(18-16-29)26(33)34-27(2,3)4)24-28-22-14-10-9-13-21(22)25(32)31(24)19-20-11-7-6-8-12-20/h6-14,23H,5,15-19H2,1-4H3. The van der Waals surface area contributed by atoms with Crippen LogP contribution < -0.4 is 5.56 Å². The fraction of sp³-hybridized carbons (Fsp3) is 0.444. The van der Waals surface area contributed by atoms with Gasteiger partial charge in [-0.1, -0.05) is 49.4 Å². The van der Waals surface area contributed by atoms with Gasteiger partial charge in [0.05, 0.1) is 23.5 Å². The van der Waals surface area contributed by atoms with Gasteiger partial charge in [0.15, 0.2) is 0 Å². The normalized spacial score (nSPS) is 15.9. The molecule has 0 aliphatic carbocycles. The molecule has 1 unspecified atom stereocenters. The summed E-state index contributed by atoms with van der Waals surface area (Å²) in [7, 11) is 0. The topological polar surface area (TPSA) is 67.7 Å². The third-order valence-corrected chi connectivity index (χ3v) is 6.17. The molecule has 0 radical (unpaired) electrons. The molecular formula is C27H34N4O3. The summed E-state index contributed by atoms with van der Waals surface area (Å²) >= 11 is 0. The monoisotopic (exact) mass is 462 g/mol. The van der Waals surface area contributed by atoms with Crippen LogP contribution in [0.1, 0.15) is 51.5 Å². The molecule has 1 aliphatic rings. The molecule has 7 heteroatoms. The molecule has 1 amide bonds. The van der Waals surface area contributed by atoms with Crippen LogP contribution in [0.25, 0.3) is 10.9 Å². The van der Waals surface area contributed by atoms with Crippen molar-refractivity contribution in [3.05, 3.63) is 76.3 Å². The zero-order valence-corrected chi connectivity index (χ0v) is 20.5. The number of hydrogen-bond donors (Lipinski definition) is 0. The van der Waals surface area contributed by atoms with Crippen LogP contribution in [0.15, 0.2) is 59.4 Å². The lowest BCUT2D eigenvalue weighted by molar-refractivity contribution is 0.00931. The fourth-order valence-electron chi connectivity index (χ4n) is 4.51. The number of para-hydroxylation sites is 1. The Morgan fingerprint density at radius 2 is 1.65 bits per heavy atom. The Morgan fingerprint density at radius 3 is 2.29 bits per heavy atom. The maximum Gasteiger partial charge on any atom is 0.410 e. The molecular weight excluding hydrogens is 428 g/mol. The quantitative estimate of drug-likeness (QED) is 0.560. The van der Waals surface area contributed by atoms with E-state index in [1.807, 2.05) is 79.9 Å². The molecule has 2 aromatic carbocycles. The molecule has 1 saturated heterocycles. The van der Waals surface area contributed by atoms with E-state index in [9.17, 15) is 9.59 Å². The number of carbonyl (C=O) groups excluding carboxylic acids is 1. The van der Waals surface area contributed by atoms with Gasteiger partial charge in [-0.05, 0) is 44.9 Å². The Bertz CT molecular complexity index is 1190. The molecule has 1 atom stereocenters. The second-order valence-corrected chi connectivity index (χ2v) is 9.79. The summed E-state index contributed by atoms with van der Waals surface area (Å²) in [6.07, 6.45) is 0.538. The summed E-state index contributed by atoms with van der Waals surface area (Å²) in [4.78, 5) is 35.2. The van der Waals surface area contributed by atoms with Gasteiger partial charge in [-0.2, -0.15) is 0 Å². The van der Waals surface area contributed by atoms with Crippen molar-refractivity contribution in [1.82, 2.24) is 19.4 Å². The van der Waals surface area contributed by atoms with Crippen LogP contribution in [0.5, 0.6) is 0 Å². The van der Waals surface area contributed by atoms with E-state index in [1.165, 1.54) is 0 Å². The SMILES string of the molecule is CCC(c1nc2ccccc2c(=O)n1Cc1ccccc1)N1CCN(C(=O)OC(C)(C)C)CC1. The van der Waals surface area contributed by atoms with Gasteiger partial charge in [-0.3, -0.25) is 14.3 Å². The van der Waals surface area contributed by atoms with Crippen molar-refractivity contribution >= 4 is 17.0 Å². The van der Waals surface area contributed by atoms with Crippen molar-refractivity contribution in [2.75, 3.05) is 26.2 Å². The molecule has 180 valence electrons. The van der Waals surface area contributed by atoms with Crippen molar-refractivity contribution in [2.45, 2.75) is 52.3 Å². The van der Waals surface area contributed by atoms with Crippen LogP contribution in [0.3, 0.4) is 0 Å². The number of fused-ring (bicyclic) bond motifs is 1. The largest absolute Gasteiger partial charge is 0.444 e. The fourth-order valence-corrected chi connectivity index (χ4v) is 4.51. The summed E-state index contributed by atoms with van der Waals surface area (Å²) < 4.78 is 7.37. The molecule has 0 spiro atoms. The lowest BCUT2D eigenvalue weighted by Crippen LogP contribution is -2.51. The van der Waals surface area contributed by atoms with Gasteiger partial charge in [0.2, 0.25) is 0 Å². The Morgan fingerprint density at radius 1 is 1.00 bits per heavy atom. The van der Waals surface area contributed by atoms with Gasteiger partial charge >= 0.3 is 6.09 Å². The number of nitrogens with zero attached hydrogens (tertiary/aromatic N) is 4. The summed E-state index contributed by atoms with van der Waals surface area (Å²) in [6.45, 7) is 10.8. The van der Waals surface area contributed by atoms with E-state index >= 15 is 0 Å². The molecule has 0 saturated carbocycles. The summed E-state index contributed by atoms with van der Waals surface area (Å²) in [6, 6.07) is 17.5. The van der Waals surface area contributed by atoms with E-state index in [1.54, 1.807) is 4.90 Å². The zero-order chi connectivity index (χ0) is 24.3. The number of amides is 1. The molecule has 0 bridgehead atoms. The summed E-state index contributed by atoms with van der Waals surface area (Å²) in [5.41, 5.74) is 1.25. The van der Waals surface area contributed by atoms with Crippen LogP contribution in [0, 0.1) is 0 Å². The minimum Gasteiger partial charge on any atom is -0.444 e. The van der Waals surface area contributed by atoms with E-state index in [0.29, 0.717) is 38.1 Å². The number of piperazine rings is 1. The molecule has 1 aliphatic heterocycles. The van der Waals surface area contributed by atoms with Gasteiger partial charge in [0, 0.05) is 26.2 Å². The van der Waals surface area contributed by atoms with Crippen LogP contribution in [0.2, 0.25) is 0 Å². The second-order valence-electron chi connectivity index (χ2n) is 9.79. The predicted molar refractivity (Wildman–Crippen MR) is 134 cm³/mol. The maximum atomic E-state index is 13.6. The average Bonchev–Trinajstić information content (AvgIpc) is 2.82. The summed E-state index contributed by atoms with van der Waals surface area (Å²) in [5, 5.41) is 0.631. The highest BCUT2D eigenvalue weighted by molar-refractivity contribution is 5.77. The molecule has 34 heavy (non-hydrogen) atoms. The Balaban J connectivity index is 1.64. The van der Waals surface area contributed by atoms with Crippen LogP contribution >= 0.6 is 0 Å². The molecule has 4 rings (SSSR count). The minimum atomic E-state index is -0.511. The first-order chi connectivity index (χ1) is 16.3. The lowest BCUT2D eigenvalue weighted by atomic mass is 10.1. The van der Waals surface area contributed by atoms with Crippen molar-refractivity contribution in [2.24, 2.45) is 0 Å². The minimum absolute atomic E-state index is 0.0182. The number of benzene rings is 2. The van der Waals surface area contributed by atoms with E-state index in [4.69, 9.17) is 9.72 Å². The highest BCUT2D eigenvalue weighted by atomic mass is 16.6. The Labute approximate surface area is 201 Å². The molecule has 7 nitrogen and oxygen atoms in total. The zero-order valence-electron chi connectivity index (χ0n) is 20.5. The number of aromatic nitrogens is 2. The summed E-state index contributed by atoms with van der Waals surface area (Å²) in [5.74, 6) is 0.778.